The minimum atomic E-state index is -0.580. The minimum absolute atomic E-state index is 0.177. The molecule has 2 aromatic rings. The van der Waals surface area contributed by atoms with Crippen LogP contribution < -0.4 is 10.6 Å². The van der Waals surface area contributed by atoms with Gasteiger partial charge in [-0.15, -0.1) is 4.68 Å². The van der Waals surface area contributed by atoms with E-state index in [4.69, 9.17) is 9.47 Å². The van der Waals surface area contributed by atoms with Gasteiger partial charge in [-0.2, -0.15) is 5.10 Å². The van der Waals surface area contributed by atoms with Gasteiger partial charge in [0.25, 0.3) is 0 Å². The first kappa shape index (κ1) is 29.0. The van der Waals surface area contributed by atoms with E-state index in [1.807, 2.05) is 47.6 Å². The van der Waals surface area contributed by atoms with Crippen LogP contribution in [0.2, 0.25) is 0 Å². The molecule has 2 aliphatic carbocycles. The van der Waals surface area contributed by atoms with Gasteiger partial charge >= 0.3 is 12.2 Å². The van der Waals surface area contributed by atoms with E-state index in [-0.39, 0.29) is 18.1 Å². The van der Waals surface area contributed by atoms with E-state index < -0.39 is 17.3 Å². The number of aromatic nitrogens is 2. The van der Waals surface area contributed by atoms with Crippen LogP contribution in [0.5, 0.6) is 0 Å². The zero-order valence-electron chi connectivity index (χ0n) is 24.7. The van der Waals surface area contributed by atoms with Crippen molar-refractivity contribution >= 4 is 18.0 Å². The molecule has 4 rings (SSSR count). The molecule has 0 radical (unpaired) electrons. The van der Waals surface area contributed by atoms with Crippen LogP contribution in [0.4, 0.5) is 15.4 Å². The zero-order chi connectivity index (χ0) is 28.4. The third kappa shape index (κ3) is 8.48. The molecule has 0 saturated heterocycles. The first-order chi connectivity index (χ1) is 18.3. The van der Waals surface area contributed by atoms with Gasteiger partial charge in [0.15, 0.2) is 0 Å². The number of alkyl carbamates (subject to hydrolysis) is 1. The highest BCUT2D eigenvalue weighted by Crippen LogP contribution is 2.40. The second-order valence-corrected chi connectivity index (χ2v) is 13.3. The fourth-order valence-electron chi connectivity index (χ4n) is 5.07. The number of rotatable bonds is 7. The molecule has 39 heavy (non-hydrogen) atoms. The molecule has 1 heterocycles. The molecule has 2 fully saturated rings. The van der Waals surface area contributed by atoms with E-state index in [1.165, 1.54) is 15.8 Å². The molecule has 2 aliphatic rings. The Balaban J connectivity index is 1.30. The van der Waals surface area contributed by atoms with Crippen LogP contribution in [0.25, 0.3) is 0 Å². The average molecular weight is 539 g/mol. The molecule has 0 spiro atoms. The lowest BCUT2D eigenvalue weighted by Gasteiger charge is -2.30. The van der Waals surface area contributed by atoms with Crippen molar-refractivity contribution in [2.24, 2.45) is 0 Å². The standard InChI is InChI=1S/C31H46N4O4/c1-20(19-32-27-18-26(24-12-13-24)34-35(27)29(37)39-31(5,6)7)21-8-10-22(11-9-21)23-14-16-25(17-15-23)33-28(36)38-30(2,3)4/h8-11,18,20,23-25,32H,12-17,19H2,1-7H3,(H,33,36). The second kappa shape index (κ2) is 11.6. The summed E-state index contributed by atoms with van der Waals surface area (Å²) < 4.78 is 12.4. The lowest BCUT2D eigenvalue weighted by atomic mass is 9.81. The molecule has 1 atom stereocenters. The molecule has 1 aromatic carbocycles. The summed E-state index contributed by atoms with van der Waals surface area (Å²) in [6, 6.07) is 11.1. The van der Waals surface area contributed by atoms with Gasteiger partial charge in [-0.3, -0.25) is 0 Å². The van der Waals surface area contributed by atoms with Crippen molar-refractivity contribution in [3.8, 4) is 0 Å². The molecular weight excluding hydrogens is 492 g/mol. The molecule has 8 heteroatoms. The Morgan fingerprint density at radius 2 is 1.51 bits per heavy atom. The summed E-state index contributed by atoms with van der Waals surface area (Å²) in [6.07, 6.45) is 5.48. The largest absolute Gasteiger partial charge is 0.444 e. The van der Waals surface area contributed by atoms with Crippen LogP contribution in [0.1, 0.15) is 122 Å². The SMILES string of the molecule is CC(CNc1cc(C2CC2)nn1C(=O)OC(C)(C)C)c1ccc(C2CCC(NC(=O)OC(C)(C)C)CC2)cc1. The third-order valence-electron chi connectivity index (χ3n) is 7.30. The number of nitrogens with one attached hydrogen (secondary N) is 2. The Hall–Kier alpha value is -3.03. The summed E-state index contributed by atoms with van der Waals surface area (Å²) in [5.41, 5.74) is 2.50. The summed E-state index contributed by atoms with van der Waals surface area (Å²) in [6.45, 7) is 14.1. The molecule has 2 N–H and O–H groups in total. The molecule has 1 aromatic heterocycles. The number of hydrogen-bond acceptors (Lipinski definition) is 6. The Labute approximate surface area is 233 Å². The second-order valence-electron chi connectivity index (χ2n) is 13.3. The summed E-state index contributed by atoms with van der Waals surface area (Å²) in [4.78, 5) is 24.9. The molecule has 1 unspecified atom stereocenters. The van der Waals surface area contributed by atoms with Gasteiger partial charge in [-0.25, -0.2) is 9.59 Å². The summed E-state index contributed by atoms with van der Waals surface area (Å²) in [7, 11) is 0. The minimum Gasteiger partial charge on any atom is -0.444 e. The smallest absolute Gasteiger partial charge is 0.437 e. The number of carbonyl (C=O) groups is 2. The van der Waals surface area contributed by atoms with Gasteiger partial charge in [-0.05, 0) is 103 Å². The lowest BCUT2D eigenvalue weighted by Crippen LogP contribution is -2.40. The van der Waals surface area contributed by atoms with Crippen LogP contribution in [-0.4, -0.2) is 45.8 Å². The Morgan fingerprint density at radius 1 is 0.923 bits per heavy atom. The third-order valence-corrected chi connectivity index (χ3v) is 7.30. The van der Waals surface area contributed by atoms with Crippen LogP contribution in [0, 0.1) is 0 Å². The maximum atomic E-state index is 12.8. The maximum absolute atomic E-state index is 12.8. The van der Waals surface area contributed by atoms with Crippen molar-refractivity contribution in [1.29, 1.82) is 0 Å². The van der Waals surface area contributed by atoms with E-state index in [2.05, 4.69) is 46.9 Å². The monoisotopic (exact) mass is 538 g/mol. The van der Waals surface area contributed by atoms with Crippen molar-refractivity contribution in [3.05, 3.63) is 47.2 Å². The number of nitrogens with zero attached hydrogens (tertiary/aromatic N) is 2. The van der Waals surface area contributed by atoms with Gasteiger partial charge in [0.2, 0.25) is 0 Å². The van der Waals surface area contributed by atoms with Crippen molar-refractivity contribution in [2.75, 3.05) is 11.9 Å². The van der Waals surface area contributed by atoms with Gasteiger partial charge in [-0.1, -0.05) is 31.2 Å². The van der Waals surface area contributed by atoms with Crippen molar-refractivity contribution < 1.29 is 19.1 Å². The van der Waals surface area contributed by atoms with Crippen molar-refractivity contribution in [1.82, 2.24) is 15.1 Å². The van der Waals surface area contributed by atoms with E-state index in [1.54, 1.807) is 0 Å². The number of carbonyl (C=O) groups excluding carboxylic acids is 2. The van der Waals surface area contributed by atoms with Gasteiger partial charge in [0.1, 0.15) is 17.0 Å². The maximum Gasteiger partial charge on any atom is 0.437 e. The number of amides is 1. The first-order valence-corrected chi connectivity index (χ1v) is 14.4. The lowest BCUT2D eigenvalue weighted by molar-refractivity contribution is 0.0487. The topological polar surface area (TPSA) is 94.5 Å². The summed E-state index contributed by atoms with van der Waals surface area (Å²) in [5, 5.41) is 11.0. The highest BCUT2D eigenvalue weighted by Gasteiger charge is 2.30. The number of hydrogen-bond donors (Lipinski definition) is 2. The highest BCUT2D eigenvalue weighted by atomic mass is 16.6. The molecule has 0 bridgehead atoms. The van der Waals surface area contributed by atoms with Gasteiger partial charge in [0, 0.05) is 24.6 Å². The van der Waals surface area contributed by atoms with E-state index in [9.17, 15) is 9.59 Å². The fourth-order valence-corrected chi connectivity index (χ4v) is 5.07. The van der Waals surface area contributed by atoms with E-state index >= 15 is 0 Å². The Kier molecular flexibility index (Phi) is 8.62. The first-order valence-electron chi connectivity index (χ1n) is 14.4. The normalized spacial score (nSPS) is 20.7. The average Bonchev–Trinajstić information content (AvgIpc) is 3.60. The van der Waals surface area contributed by atoms with E-state index in [0.29, 0.717) is 24.2 Å². The molecule has 214 valence electrons. The fraction of sp³-hybridized carbons (Fsp3) is 0.645. The van der Waals surface area contributed by atoms with Gasteiger partial charge < -0.3 is 20.1 Å². The Bertz CT molecular complexity index is 1130. The van der Waals surface area contributed by atoms with E-state index in [0.717, 1.165) is 44.2 Å². The van der Waals surface area contributed by atoms with Crippen LogP contribution in [0.3, 0.4) is 0 Å². The Morgan fingerprint density at radius 3 is 2.08 bits per heavy atom. The predicted molar refractivity (Wildman–Crippen MR) is 154 cm³/mol. The quantitative estimate of drug-likeness (QED) is 0.384. The van der Waals surface area contributed by atoms with Gasteiger partial charge in [0.05, 0.1) is 5.69 Å². The summed E-state index contributed by atoms with van der Waals surface area (Å²) in [5.74, 6) is 1.89. The van der Waals surface area contributed by atoms with Crippen molar-refractivity contribution in [3.63, 3.8) is 0 Å². The van der Waals surface area contributed by atoms with Crippen molar-refractivity contribution in [2.45, 2.75) is 122 Å². The molecule has 2 saturated carbocycles. The van der Waals surface area contributed by atoms with Crippen LogP contribution >= 0.6 is 0 Å². The van der Waals surface area contributed by atoms with Crippen LogP contribution in [-0.2, 0) is 9.47 Å². The predicted octanol–water partition coefficient (Wildman–Crippen LogP) is 7.31. The highest BCUT2D eigenvalue weighted by molar-refractivity contribution is 5.74. The molecule has 1 amide bonds. The number of benzene rings is 1. The number of anilines is 1. The number of ether oxygens (including phenoxy) is 2. The zero-order valence-corrected chi connectivity index (χ0v) is 24.7. The molecule has 0 aliphatic heterocycles. The molecule has 8 nitrogen and oxygen atoms in total. The molecular formula is C31H46N4O4. The summed E-state index contributed by atoms with van der Waals surface area (Å²) >= 11 is 0. The van der Waals surface area contributed by atoms with Crippen LogP contribution in [0.15, 0.2) is 30.3 Å².